The van der Waals surface area contributed by atoms with E-state index in [9.17, 15) is 19.3 Å². The number of hydrogen-bond acceptors (Lipinski definition) is 5. The lowest BCUT2D eigenvalue weighted by Gasteiger charge is -2.16. The fraction of sp³-hybridized carbons (Fsp3) is 0.462. The van der Waals surface area contributed by atoms with Gasteiger partial charge in [-0.3, -0.25) is 14.9 Å². The van der Waals surface area contributed by atoms with E-state index >= 15 is 0 Å². The Bertz CT molecular complexity index is 554. The number of carbonyl (C=O) groups is 1. The van der Waals surface area contributed by atoms with Gasteiger partial charge in [-0.05, 0) is 24.8 Å². The van der Waals surface area contributed by atoms with Crippen LogP contribution in [0.4, 0.5) is 10.1 Å². The van der Waals surface area contributed by atoms with Gasteiger partial charge in [-0.2, -0.15) is 4.39 Å². The van der Waals surface area contributed by atoms with Crippen molar-refractivity contribution in [3.8, 4) is 5.75 Å². The fourth-order valence-corrected chi connectivity index (χ4v) is 1.99. The summed E-state index contributed by atoms with van der Waals surface area (Å²) < 4.78 is 18.5. The lowest BCUT2D eigenvalue weighted by Crippen LogP contribution is -2.43. The molecule has 0 heterocycles. The van der Waals surface area contributed by atoms with E-state index in [4.69, 9.17) is 10.5 Å². The van der Waals surface area contributed by atoms with Gasteiger partial charge in [0.05, 0.1) is 4.92 Å². The molecule has 1 saturated carbocycles. The highest BCUT2D eigenvalue weighted by Crippen LogP contribution is 2.32. The van der Waals surface area contributed by atoms with E-state index in [2.05, 4.69) is 5.32 Å². The molecule has 1 unspecified atom stereocenters. The Balaban J connectivity index is 0.00000242. The molecule has 0 bridgehead atoms. The lowest BCUT2D eigenvalue weighted by atomic mass is 10.2. The molecule has 22 heavy (non-hydrogen) atoms. The number of amides is 1. The number of halogens is 2. The molecule has 1 aromatic rings. The van der Waals surface area contributed by atoms with Crippen molar-refractivity contribution >= 4 is 24.0 Å². The quantitative estimate of drug-likeness (QED) is 0.579. The van der Waals surface area contributed by atoms with Crippen molar-refractivity contribution in [2.45, 2.75) is 18.9 Å². The molecule has 2 rings (SSSR count). The fourth-order valence-electron chi connectivity index (χ4n) is 1.99. The predicted molar refractivity (Wildman–Crippen MR) is 79.5 cm³/mol. The summed E-state index contributed by atoms with van der Waals surface area (Å²) in [6.45, 7) is 0.0725. The molecule has 1 aromatic carbocycles. The second-order valence-corrected chi connectivity index (χ2v) is 4.91. The lowest BCUT2D eigenvalue weighted by molar-refractivity contribution is -0.387. The van der Waals surface area contributed by atoms with Gasteiger partial charge < -0.3 is 15.8 Å². The van der Waals surface area contributed by atoms with Crippen molar-refractivity contribution in [2.75, 3.05) is 13.2 Å². The van der Waals surface area contributed by atoms with Crippen LogP contribution in [-0.4, -0.2) is 30.0 Å². The summed E-state index contributed by atoms with van der Waals surface area (Å²) in [4.78, 5) is 21.3. The van der Waals surface area contributed by atoms with Gasteiger partial charge in [0, 0.05) is 24.7 Å². The van der Waals surface area contributed by atoms with Crippen molar-refractivity contribution in [1.82, 2.24) is 5.32 Å². The van der Waals surface area contributed by atoms with Crippen LogP contribution in [0.2, 0.25) is 0 Å². The van der Waals surface area contributed by atoms with E-state index in [1.807, 2.05) is 0 Å². The average Bonchev–Trinajstić information content (AvgIpc) is 3.26. The highest BCUT2D eigenvalue weighted by atomic mass is 35.5. The van der Waals surface area contributed by atoms with E-state index < -0.39 is 16.4 Å². The normalized spacial score (nSPS) is 14.6. The van der Waals surface area contributed by atoms with E-state index in [0.717, 1.165) is 25.0 Å². The predicted octanol–water partition coefficient (Wildman–Crippen LogP) is 1.39. The molecule has 7 nitrogen and oxygen atoms in total. The van der Waals surface area contributed by atoms with Crippen molar-refractivity contribution in [3.05, 3.63) is 34.1 Å². The monoisotopic (exact) mass is 333 g/mol. The Morgan fingerprint density at radius 3 is 2.73 bits per heavy atom. The van der Waals surface area contributed by atoms with Crippen molar-refractivity contribution in [1.29, 1.82) is 0 Å². The van der Waals surface area contributed by atoms with Crippen LogP contribution in [0.5, 0.6) is 5.75 Å². The molecule has 0 aliphatic heterocycles. The van der Waals surface area contributed by atoms with Gasteiger partial charge in [0.1, 0.15) is 5.75 Å². The van der Waals surface area contributed by atoms with Crippen LogP contribution in [0.1, 0.15) is 12.8 Å². The zero-order valence-electron chi connectivity index (χ0n) is 11.7. The van der Waals surface area contributed by atoms with Crippen molar-refractivity contribution in [3.63, 3.8) is 0 Å². The Morgan fingerprint density at radius 2 is 2.23 bits per heavy atom. The minimum absolute atomic E-state index is 0. The molecule has 0 radical (unpaired) electrons. The van der Waals surface area contributed by atoms with Gasteiger partial charge >= 0.3 is 5.69 Å². The van der Waals surface area contributed by atoms with Crippen LogP contribution in [0.15, 0.2) is 18.2 Å². The second kappa shape index (κ2) is 7.90. The largest absolute Gasteiger partial charge is 0.484 e. The van der Waals surface area contributed by atoms with Crippen LogP contribution in [0.25, 0.3) is 0 Å². The number of carbonyl (C=O) groups excluding carboxylic acids is 1. The molecular formula is C13H17ClFN3O4. The first-order valence-corrected chi connectivity index (χ1v) is 6.57. The van der Waals surface area contributed by atoms with E-state index in [0.29, 0.717) is 12.5 Å². The van der Waals surface area contributed by atoms with Crippen LogP contribution < -0.4 is 15.8 Å². The Labute approximate surface area is 132 Å². The number of benzene rings is 1. The summed E-state index contributed by atoms with van der Waals surface area (Å²) in [5.74, 6) is -0.869. The van der Waals surface area contributed by atoms with E-state index in [-0.39, 0.29) is 36.7 Å². The highest BCUT2D eigenvalue weighted by molar-refractivity contribution is 5.85. The summed E-state index contributed by atoms with van der Waals surface area (Å²) in [7, 11) is 0. The second-order valence-electron chi connectivity index (χ2n) is 4.91. The first kappa shape index (κ1) is 18.1. The summed E-state index contributed by atoms with van der Waals surface area (Å²) in [5.41, 5.74) is 4.93. The Hall–Kier alpha value is -1.93. The highest BCUT2D eigenvalue weighted by Gasteiger charge is 2.31. The van der Waals surface area contributed by atoms with Crippen molar-refractivity contribution in [2.24, 2.45) is 11.7 Å². The number of nitrogens with two attached hydrogens (primary N) is 1. The zero-order valence-corrected chi connectivity index (χ0v) is 12.5. The average molecular weight is 334 g/mol. The molecule has 9 heteroatoms. The van der Waals surface area contributed by atoms with Crippen LogP contribution in [0, 0.1) is 21.8 Å². The maximum atomic E-state index is 13.4. The summed E-state index contributed by atoms with van der Waals surface area (Å²) in [6, 6.07) is 3.06. The van der Waals surface area contributed by atoms with Crippen LogP contribution >= 0.6 is 12.4 Å². The molecular weight excluding hydrogens is 317 g/mol. The number of ether oxygens (including phenoxy) is 1. The number of nitrogens with one attached hydrogen (secondary N) is 1. The minimum atomic E-state index is -1.00. The zero-order chi connectivity index (χ0) is 15.4. The molecule has 1 aliphatic carbocycles. The molecule has 0 saturated heterocycles. The third kappa shape index (κ3) is 4.81. The topological polar surface area (TPSA) is 107 Å². The molecule has 0 aromatic heterocycles. The number of nitro groups is 1. The molecule has 1 aliphatic rings. The van der Waals surface area contributed by atoms with Gasteiger partial charge in [-0.1, -0.05) is 0 Å². The third-order valence-electron chi connectivity index (χ3n) is 3.28. The van der Waals surface area contributed by atoms with Gasteiger partial charge in [0.25, 0.3) is 5.91 Å². The maximum absolute atomic E-state index is 13.4. The Morgan fingerprint density at radius 1 is 1.55 bits per heavy atom. The third-order valence-corrected chi connectivity index (χ3v) is 3.28. The number of nitro benzene ring substituents is 1. The summed E-state index contributed by atoms with van der Waals surface area (Å²) in [5, 5.41) is 13.2. The SMILES string of the molecule is Cl.NCC(NC(=O)COc1ccc([N+](=O)[O-])c(F)c1)C1CC1. The standard InChI is InChI=1S/C13H16FN3O4.ClH/c14-10-5-9(3-4-12(10)17(19)20)21-7-13(18)16-11(6-15)8-1-2-8;/h3-5,8,11H,1-2,6-7,15H2,(H,16,18);1H. The van der Waals surface area contributed by atoms with Crippen LogP contribution in [-0.2, 0) is 4.79 Å². The maximum Gasteiger partial charge on any atom is 0.305 e. The van der Waals surface area contributed by atoms with Gasteiger partial charge in [0.15, 0.2) is 6.61 Å². The van der Waals surface area contributed by atoms with Gasteiger partial charge in [0.2, 0.25) is 5.82 Å². The van der Waals surface area contributed by atoms with E-state index in [1.54, 1.807) is 0 Å². The molecule has 1 fully saturated rings. The minimum Gasteiger partial charge on any atom is -0.484 e. The first-order valence-electron chi connectivity index (χ1n) is 6.57. The number of nitrogens with zero attached hydrogens (tertiary/aromatic N) is 1. The van der Waals surface area contributed by atoms with Gasteiger partial charge in [-0.25, -0.2) is 0 Å². The van der Waals surface area contributed by atoms with E-state index in [1.165, 1.54) is 6.07 Å². The molecule has 1 atom stereocenters. The Kier molecular flexibility index (Phi) is 6.51. The molecule has 3 N–H and O–H groups in total. The molecule has 0 spiro atoms. The van der Waals surface area contributed by atoms with Gasteiger partial charge in [-0.15, -0.1) is 12.4 Å². The smallest absolute Gasteiger partial charge is 0.305 e. The molecule has 122 valence electrons. The molecule has 1 amide bonds. The number of hydrogen-bond donors (Lipinski definition) is 2. The summed E-state index contributed by atoms with van der Waals surface area (Å²) >= 11 is 0. The van der Waals surface area contributed by atoms with Crippen molar-refractivity contribution < 1.29 is 18.8 Å². The summed E-state index contributed by atoms with van der Waals surface area (Å²) in [6.07, 6.45) is 2.10. The number of rotatable bonds is 7. The van der Waals surface area contributed by atoms with Crippen LogP contribution in [0.3, 0.4) is 0 Å². The first-order chi connectivity index (χ1) is 10.0.